The fraction of sp³-hybridized carbons (Fsp3) is 0.450. The lowest BCUT2D eigenvalue weighted by Gasteiger charge is -2.33. The van der Waals surface area contributed by atoms with E-state index in [2.05, 4.69) is 63.6 Å². The zero-order chi connectivity index (χ0) is 17.1. The summed E-state index contributed by atoms with van der Waals surface area (Å²) < 4.78 is 0. The highest BCUT2D eigenvalue weighted by Crippen LogP contribution is 2.28. The average molecular weight is 356 g/mol. The average Bonchev–Trinajstić information content (AvgIpc) is 3.34. The number of carbonyl (C=O) groups excluding carboxylic acids is 1. The van der Waals surface area contributed by atoms with Crippen LogP contribution in [0.3, 0.4) is 0 Å². The Morgan fingerprint density at radius 2 is 1.88 bits per heavy atom. The normalized spacial score (nSPS) is 24.6. The highest BCUT2D eigenvalue weighted by Gasteiger charge is 2.34. The second-order valence-electron chi connectivity index (χ2n) is 7.10. The zero-order valence-electron chi connectivity index (χ0n) is 14.4. The summed E-state index contributed by atoms with van der Waals surface area (Å²) in [6, 6.07) is 15.0. The number of amides is 1. The maximum Gasteiger partial charge on any atom is 0.241 e. The van der Waals surface area contributed by atoms with Crippen LogP contribution < -0.4 is 10.9 Å². The number of hydrazine groups is 1. The molecule has 0 bridgehead atoms. The molecule has 2 N–H and O–H groups in total. The van der Waals surface area contributed by atoms with E-state index in [1.54, 1.807) is 11.3 Å². The molecule has 25 heavy (non-hydrogen) atoms. The quantitative estimate of drug-likeness (QED) is 0.886. The highest BCUT2D eigenvalue weighted by atomic mass is 32.1. The number of rotatable bonds is 4. The van der Waals surface area contributed by atoms with E-state index in [1.165, 1.54) is 10.4 Å². The molecule has 4 rings (SSSR count). The van der Waals surface area contributed by atoms with Gasteiger partial charge in [0.05, 0.1) is 6.04 Å². The monoisotopic (exact) mass is 355 g/mol. The van der Waals surface area contributed by atoms with Crippen LogP contribution in [0, 0.1) is 5.92 Å². The lowest BCUT2D eigenvalue weighted by atomic mass is 9.90. The van der Waals surface area contributed by atoms with Gasteiger partial charge in [-0.1, -0.05) is 36.4 Å². The molecular formula is C20H25N3OS. The molecule has 5 heteroatoms. The Hall–Kier alpha value is -1.69. The molecule has 0 spiro atoms. The van der Waals surface area contributed by atoms with Crippen molar-refractivity contribution in [1.29, 1.82) is 0 Å². The first-order valence-corrected chi connectivity index (χ1v) is 10.0. The van der Waals surface area contributed by atoms with Crippen molar-refractivity contribution in [3.8, 4) is 0 Å². The molecule has 132 valence electrons. The van der Waals surface area contributed by atoms with Gasteiger partial charge >= 0.3 is 0 Å². The van der Waals surface area contributed by atoms with Crippen LogP contribution in [0.25, 0.3) is 0 Å². The van der Waals surface area contributed by atoms with Gasteiger partial charge in [0.25, 0.3) is 0 Å². The van der Waals surface area contributed by atoms with Gasteiger partial charge in [-0.25, -0.2) is 10.9 Å². The summed E-state index contributed by atoms with van der Waals surface area (Å²) in [4.78, 5) is 16.2. The molecule has 1 amide bonds. The van der Waals surface area contributed by atoms with Gasteiger partial charge in [-0.2, -0.15) is 0 Å². The van der Waals surface area contributed by atoms with Crippen LogP contribution >= 0.6 is 11.3 Å². The number of benzene rings is 1. The van der Waals surface area contributed by atoms with Crippen LogP contribution in [0.1, 0.15) is 35.7 Å². The molecule has 2 aliphatic heterocycles. The van der Waals surface area contributed by atoms with E-state index in [1.807, 2.05) is 0 Å². The smallest absolute Gasteiger partial charge is 0.241 e. The third-order valence-electron chi connectivity index (χ3n) is 5.38. The van der Waals surface area contributed by atoms with Crippen LogP contribution in [-0.2, 0) is 11.2 Å². The second-order valence-corrected chi connectivity index (χ2v) is 8.08. The van der Waals surface area contributed by atoms with Gasteiger partial charge in [0, 0.05) is 18.0 Å². The van der Waals surface area contributed by atoms with E-state index in [9.17, 15) is 4.79 Å². The first-order chi connectivity index (χ1) is 12.3. The Labute approximate surface area is 153 Å². The van der Waals surface area contributed by atoms with Crippen molar-refractivity contribution < 1.29 is 4.79 Å². The van der Waals surface area contributed by atoms with Crippen LogP contribution in [-0.4, -0.2) is 29.9 Å². The summed E-state index contributed by atoms with van der Waals surface area (Å²) in [5, 5.41) is 2.09. The van der Waals surface area contributed by atoms with Crippen molar-refractivity contribution in [2.75, 3.05) is 13.1 Å². The van der Waals surface area contributed by atoms with Gasteiger partial charge in [0.1, 0.15) is 6.04 Å². The molecule has 2 unspecified atom stereocenters. The minimum absolute atomic E-state index is 0.0993. The number of piperidine rings is 1. The summed E-state index contributed by atoms with van der Waals surface area (Å²) in [6.45, 7) is 1.77. The fourth-order valence-electron chi connectivity index (χ4n) is 3.92. The van der Waals surface area contributed by atoms with Crippen LogP contribution in [0.4, 0.5) is 0 Å². The largest absolute Gasteiger partial charge is 0.341 e. The molecule has 0 saturated carbocycles. The molecule has 2 aliphatic rings. The topological polar surface area (TPSA) is 44.4 Å². The fourth-order valence-corrected chi connectivity index (χ4v) is 4.71. The minimum Gasteiger partial charge on any atom is -0.341 e. The van der Waals surface area contributed by atoms with Gasteiger partial charge in [-0.3, -0.25) is 4.79 Å². The number of carbonyl (C=O) groups is 1. The first kappa shape index (κ1) is 16.8. The molecule has 0 radical (unpaired) electrons. The van der Waals surface area contributed by atoms with Gasteiger partial charge in [0.15, 0.2) is 0 Å². The molecule has 3 heterocycles. The van der Waals surface area contributed by atoms with Crippen molar-refractivity contribution in [1.82, 2.24) is 15.8 Å². The molecule has 2 aromatic rings. The molecule has 1 aromatic heterocycles. The van der Waals surface area contributed by atoms with Crippen molar-refractivity contribution in [3.05, 3.63) is 58.3 Å². The molecule has 4 nitrogen and oxygen atoms in total. The van der Waals surface area contributed by atoms with Crippen molar-refractivity contribution in [2.45, 2.75) is 37.8 Å². The van der Waals surface area contributed by atoms with E-state index < -0.39 is 0 Å². The van der Waals surface area contributed by atoms with Gasteiger partial charge in [-0.05, 0) is 48.6 Å². The zero-order valence-corrected chi connectivity index (χ0v) is 15.2. The number of hydrogen-bond acceptors (Lipinski definition) is 4. The first-order valence-electron chi connectivity index (χ1n) is 9.17. The van der Waals surface area contributed by atoms with E-state index in [4.69, 9.17) is 0 Å². The number of nitrogens with one attached hydrogen (secondary N) is 2. The summed E-state index contributed by atoms with van der Waals surface area (Å²) in [7, 11) is 0. The van der Waals surface area contributed by atoms with E-state index in [0.29, 0.717) is 5.92 Å². The van der Waals surface area contributed by atoms with Crippen molar-refractivity contribution in [2.24, 2.45) is 5.92 Å². The van der Waals surface area contributed by atoms with Crippen LogP contribution in [0.5, 0.6) is 0 Å². The standard InChI is InChI=1S/C20H25N3OS/c24-20(18-14-17(21-22-18)19-7-4-12-25-19)23-10-8-16(9-11-23)13-15-5-2-1-3-6-15/h1-7,12,16-18,21-22H,8-11,13-14H2. The van der Waals surface area contributed by atoms with E-state index in [-0.39, 0.29) is 18.0 Å². The lowest BCUT2D eigenvalue weighted by molar-refractivity contribution is -0.134. The molecule has 2 saturated heterocycles. The predicted octanol–water partition coefficient (Wildman–Crippen LogP) is 3.14. The third kappa shape index (κ3) is 3.94. The Morgan fingerprint density at radius 3 is 2.60 bits per heavy atom. The Balaban J connectivity index is 1.27. The van der Waals surface area contributed by atoms with Crippen LogP contribution in [0.2, 0.25) is 0 Å². The maximum atomic E-state index is 12.8. The molecule has 0 aliphatic carbocycles. The summed E-state index contributed by atoms with van der Waals surface area (Å²) in [6.07, 6.45) is 4.18. The summed E-state index contributed by atoms with van der Waals surface area (Å²) >= 11 is 1.74. The number of hydrogen-bond donors (Lipinski definition) is 2. The number of thiophene rings is 1. The second kappa shape index (κ2) is 7.68. The van der Waals surface area contributed by atoms with Gasteiger partial charge in [0.2, 0.25) is 5.91 Å². The summed E-state index contributed by atoms with van der Waals surface area (Å²) in [5.41, 5.74) is 7.90. The highest BCUT2D eigenvalue weighted by molar-refractivity contribution is 7.10. The molecule has 2 atom stereocenters. The Kier molecular flexibility index (Phi) is 5.15. The minimum atomic E-state index is -0.0993. The maximum absolute atomic E-state index is 12.8. The van der Waals surface area contributed by atoms with Gasteiger partial charge < -0.3 is 4.90 Å². The Bertz CT molecular complexity index is 680. The third-order valence-corrected chi connectivity index (χ3v) is 6.37. The van der Waals surface area contributed by atoms with Crippen molar-refractivity contribution >= 4 is 17.2 Å². The molecular weight excluding hydrogens is 330 g/mol. The number of nitrogens with zero attached hydrogens (tertiary/aromatic N) is 1. The van der Waals surface area contributed by atoms with E-state index >= 15 is 0 Å². The Morgan fingerprint density at radius 1 is 1.08 bits per heavy atom. The van der Waals surface area contributed by atoms with Gasteiger partial charge in [-0.15, -0.1) is 11.3 Å². The SMILES string of the molecule is O=C(C1CC(c2cccs2)NN1)N1CCC(Cc2ccccc2)CC1. The van der Waals surface area contributed by atoms with Crippen molar-refractivity contribution in [3.63, 3.8) is 0 Å². The van der Waals surface area contributed by atoms with E-state index in [0.717, 1.165) is 38.8 Å². The summed E-state index contributed by atoms with van der Waals surface area (Å²) in [5.74, 6) is 0.949. The predicted molar refractivity (Wildman–Crippen MR) is 101 cm³/mol. The van der Waals surface area contributed by atoms with Crippen LogP contribution in [0.15, 0.2) is 47.8 Å². The molecule has 1 aromatic carbocycles. The lowest BCUT2D eigenvalue weighted by Crippen LogP contribution is -2.48. The molecule has 2 fully saturated rings. The number of likely N-dealkylation sites (tertiary alicyclic amines) is 1.